The summed E-state index contributed by atoms with van der Waals surface area (Å²) in [6.45, 7) is 0.515. The Morgan fingerprint density at radius 1 is 1.33 bits per heavy atom. The van der Waals surface area contributed by atoms with Crippen LogP contribution in [-0.2, 0) is 9.84 Å². The Labute approximate surface area is 127 Å². The van der Waals surface area contributed by atoms with Crippen molar-refractivity contribution >= 4 is 9.84 Å². The minimum atomic E-state index is -2.86. The van der Waals surface area contributed by atoms with Crippen molar-refractivity contribution in [1.82, 2.24) is 4.90 Å². The van der Waals surface area contributed by atoms with E-state index in [-0.39, 0.29) is 17.8 Å². The van der Waals surface area contributed by atoms with Gasteiger partial charge >= 0.3 is 0 Å². The molecular weight excluding hydrogens is 284 g/mol. The molecule has 1 saturated heterocycles. The van der Waals surface area contributed by atoms with Gasteiger partial charge in [-0.15, -0.1) is 0 Å². The number of sulfone groups is 1. The molecule has 0 amide bonds. The van der Waals surface area contributed by atoms with Crippen molar-refractivity contribution in [2.24, 2.45) is 5.73 Å². The fraction of sp³-hybridized carbons (Fsp3) is 0.625. The van der Waals surface area contributed by atoms with E-state index in [1.54, 1.807) is 0 Å². The molecule has 0 spiro atoms. The summed E-state index contributed by atoms with van der Waals surface area (Å²) in [4.78, 5) is 2.16. The zero-order valence-corrected chi connectivity index (χ0v) is 13.3. The van der Waals surface area contributed by atoms with Crippen LogP contribution >= 0.6 is 0 Å². The summed E-state index contributed by atoms with van der Waals surface area (Å²) in [6, 6.07) is 8.85. The molecule has 1 saturated carbocycles. The molecule has 1 heterocycles. The summed E-state index contributed by atoms with van der Waals surface area (Å²) in [5, 5.41) is 0. The highest BCUT2D eigenvalue weighted by atomic mass is 32.2. The van der Waals surface area contributed by atoms with Gasteiger partial charge in [0.2, 0.25) is 0 Å². The predicted octanol–water partition coefficient (Wildman–Crippen LogP) is 1.68. The van der Waals surface area contributed by atoms with Gasteiger partial charge in [0, 0.05) is 18.6 Å². The second kappa shape index (κ2) is 5.71. The van der Waals surface area contributed by atoms with Crippen LogP contribution in [0.4, 0.5) is 0 Å². The first kappa shape index (κ1) is 15.0. The second-order valence-corrected chi connectivity index (χ2v) is 8.65. The molecule has 2 atom stereocenters. The van der Waals surface area contributed by atoms with Crippen molar-refractivity contribution in [3.63, 3.8) is 0 Å². The maximum atomic E-state index is 11.7. The fourth-order valence-electron chi connectivity index (χ4n) is 3.33. The Balaban J connectivity index is 1.79. The Kier molecular flexibility index (Phi) is 4.08. The average molecular weight is 308 g/mol. The van der Waals surface area contributed by atoms with Crippen molar-refractivity contribution in [1.29, 1.82) is 0 Å². The molecule has 5 heteroatoms. The molecule has 3 rings (SSSR count). The first-order valence-corrected chi connectivity index (χ1v) is 9.54. The van der Waals surface area contributed by atoms with Crippen LogP contribution in [0.15, 0.2) is 24.3 Å². The van der Waals surface area contributed by atoms with E-state index in [4.69, 9.17) is 5.73 Å². The van der Waals surface area contributed by atoms with Gasteiger partial charge in [-0.3, -0.25) is 4.90 Å². The highest BCUT2D eigenvalue weighted by Crippen LogP contribution is 2.41. The third-order valence-electron chi connectivity index (χ3n) is 4.84. The summed E-state index contributed by atoms with van der Waals surface area (Å²) in [5.41, 5.74) is 8.61. The van der Waals surface area contributed by atoms with E-state index in [2.05, 4.69) is 29.2 Å². The number of benzene rings is 1. The number of nitrogens with zero attached hydrogens (tertiary/aromatic N) is 1. The zero-order valence-electron chi connectivity index (χ0n) is 12.5. The molecule has 0 radical (unpaired) electrons. The monoisotopic (exact) mass is 308 g/mol. The number of likely N-dealkylation sites (N-methyl/N-ethyl adjacent to an activating group) is 1. The molecule has 1 aliphatic carbocycles. The van der Waals surface area contributed by atoms with Crippen molar-refractivity contribution < 1.29 is 8.42 Å². The molecule has 21 heavy (non-hydrogen) atoms. The van der Waals surface area contributed by atoms with Gasteiger partial charge in [-0.25, -0.2) is 8.42 Å². The van der Waals surface area contributed by atoms with Crippen LogP contribution in [-0.4, -0.2) is 44.5 Å². The van der Waals surface area contributed by atoms with Crippen LogP contribution in [0.2, 0.25) is 0 Å². The number of nitrogens with two attached hydrogens (primary N) is 1. The molecule has 0 aromatic heterocycles. The van der Waals surface area contributed by atoms with Gasteiger partial charge in [-0.2, -0.15) is 0 Å². The summed E-state index contributed by atoms with van der Waals surface area (Å²) < 4.78 is 23.4. The lowest BCUT2D eigenvalue weighted by Crippen LogP contribution is -2.39. The van der Waals surface area contributed by atoms with E-state index in [1.165, 1.54) is 24.0 Å². The highest BCUT2D eigenvalue weighted by Gasteiger charge is 2.34. The highest BCUT2D eigenvalue weighted by molar-refractivity contribution is 7.91. The second-order valence-electron chi connectivity index (χ2n) is 6.42. The largest absolute Gasteiger partial charge is 0.329 e. The normalized spacial score (nSPS) is 26.1. The van der Waals surface area contributed by atoms with Gasteiger partial charge < -0.3 is 5.73 Å². The Bertz CT molecular complexity index is 610. The first-order valence-electron chi connectivity index (χ1n) is 7.72. The lowest BCUT2D eigenvalue weighted by Gasteiger charge is -2.32. The van der Waals surface area contributed by atoms with Gasteiger partial charge in [0.15, 0.2) is 9.84 Å². The third-order valence-corrected chi connectivity index (χ3v) is 6.59. The van der Waals surface area contributed by atoms with Crippen LogP contribution in [0.25, 0.3) is 0 Å². The SMILES string of the molecule is CN(C1CCS(=O)(=O)C1)C(CN)c1cccc(C2CC2)c1. The van der Waals surface area contributed by atoms with E-state index in [0.29, 0.717) is 12.3 Å². The van der Waals surface area contributed by atoms with E-state index < -0.39 is 9.84 Å². The molecular formula is C16H24N2O2S. The quantitative estimate of drug-likeness (QED) is 0.899. The maximum Gasteiger partial charge on any atom is 0.151 e. The molecule has 116 valence electrons. The number of hydrogen-bond acceptors (Lipinski definition) is 4. The molecule has 1 aliphatic heterocycles. The summed E-state index contributed by atoms with van der Waals surface area (Å²) in [7, 11) is -0.852. The van der Waals surface area contributed by atoms with Gasteiger partial charge in [0.25, 0.3) is 0 Å². The van der Waals surface area contributed by atoms with E-state index in [9.17, 15) is 8.42 Å². The molecule has 1 aromatic rings. The Morgan fingerprint density at radius 3 is 2.67 bits per heavy atom. The molecule has 2 aliphatic rings. The van der Waals surface area contributed by atoms with Gasteiger partial charge in [0.05, 0.1) is 11.5 Å². The maximum absolute atomic E-state index is 11.7. The summed E-state index contributed by atoms with van der Waals surface area (Å²) >= 11 is 0. The molecule has 2 unspecified atom stereocenters. The summed E-state index contributed by atoms with van der Waals surface area (Å²) in [6.07, 6.45) is 3.29. The Morgan fingerprint density at radius 2 is 2.10 bits per heavy atom. The van der Waals surface area contributed by atoms with Crippen molar-refractivity contribution in [3.05, 3.63) is 35.4 Å². The van der Waals surface area contributed by atoms with Crippen LogP contribution in [0.3, 0.4) is 0 Å². The van der Waals surface area contributed by atoms with E-state index >= 15 is 0 Å². The average Bonchev–Trinajstić information content (AvgIpc) is 3.24. The van der Waals surface area contributed by atoms with Crippen LogP contribution in [0.5, 0.6) is 0 Å². The summed E-state index contributed by atoms with van der Waals surface area (Å²) in [5.74, 6) is 1.30. The molecule has 2 fully saturated rings. The number of rotatable bonds is 5. The molecule has 0 bridgehead atoms. The van der Waals surface area contributed by atoms with Gasteiger partial charge in [0.1, 0.15) is 0 Å². The minimum absolute atomic E-state index is 0.0909. The number of hydrogen-bond donors (Lipinski definition) is 1. The lowest BCUT2D eigenvalue weighted by molar-refractivity contribution is 0.192. The van der Waals surface area contributed by atoms with E-state index in [0.717, 1.165) is 12.3 Å². The van der Waals surface area contributed by atoms with E-state index in [1.807, 2.05) is 7.05 Å². The predicted molar refractivity (Wildman–Crippen MR) is 85.0 cm³/mol. The third kappa shape index (κ3) is 3.30. The van der Waals surface area contributed by atoms with Crippen molar-refractivity contribution in [2.45, 2.75) is 37.3 Å². The lowest BCUT2D eigenvalue weighted by atomic mass is 9.99. The first-order chi connectivity index (χ1) is 10.00. The van der Waals surface area contributed by atoms with Crippen LogP contribution in [0, 0.1) is 0 Å². The minimum Gasteiger partial charge on any atom is -0.329 e. The molecule has 1 aromatic carbocycles. The van der Waals surface area contributed by atoms with Crippen LogP contribution < -0.4 is 5.73 Å². The van der Waals surface area contributed by atoms with Gasteiger partial charge in [-0.1, -0.05) is 24.3 Å². The fourth-order valence-corrected chi connectivity index (χ4v) is 5.11. The molecule has 4 nitrogen and oxygen atoms in total. The van der Waals surface area contributed by atoms with Crippen molar-refractivity contribution in [2.75, 3.05) is 25.1 Å². The standard InChI is InChI=1S/C16H24N2O2S/c1-18(15-7-8-21(19,20)11-15)16(10-17)14-4-2-3-13(9-14)12-5-6-12/h2-4,9,12,15-16H,5-8,10-11,17H2,1H3. The smallest absolute Gasteiger partial charge is 0.151 e. The van der Waals surface area contributed by atoms with Crippen LogP contribution in [0.1, 0.15) is 42.3 Å². The zero-order chi connectivity index (χ0) is 15.0. The van der Waals surface area contributed by atoms with Crippen molar-refractivity contribution in [3.8, 4) is 0 Å². The van der Waals surface area contributed by atoms with Gasteiger partial charge in [-0.05, 0) is 43.4 Å². The molecule has 2 N–H and O–H groups in total. The Hall–Kier alpha value is -0.910. The topological polar surface area (TPSA) is 63.4 Å².